The number of halogens is 1. The number of carbonyl (C=O) groups excluding carboxylic acids is 1. The van der Waals surface area contributed by atoms with Crippen LogP contribution in [0.3, 0.4) is 0 Å². The molecule has 0 saturated carbocycles. The van der Waals surface area contributed by atoms with Gasteiger partial charge in [-0.15, -0.1) is 0 Å². The third kappa shape index (κ3) is 5.00. The maximum Gasteiger partial charge on any atom is 0.355 e. The van der Waals surface area contributed by atoms with Crippen LogP contribution in [-0.4, -0.2) is 20.8 Å². The molecule has 0 radical (unpaired) electrons. The molecule has 10 heteroatoms. The number of rotatable bonds is 7. The predicted molar refractivity (Wildman–Crippen MR) is 115 cm³/mol. The van der Waals surface area contributed by atoms with Gasteiger partial charge < -0.3 is 5.32 Å². The van der Waals surface area contributed by atoms with Gasteiger partial charge in [0, 0.05) is 16.3 Å². The standard InChI is InChI=1S/C20H19ClN6O3/c1-12(2)13-6-8-16(9-7-13)24-18-17(27(29)30)19(23-11-22-18)25-26-20(28)14-4-3-5-15(21)10-14/h3-12H,1-2H3,(H,26,28)(H2,22,23,24,25). The lowest BCUT2D eigenvalue weighted by atomic mass is 10.0. The largest absolute Gasteiger partial charge is 0.355 e. The second-order valence-corrected chi connectivity index (χ2v) is 7.10. The van der Waals surface area contributed by atoms with Crippen molar-refractivity contribution in [2.75, 3.05) is 10.7 Å². The van der Waals surface area contributed by atoms with Gasteiger partial charge in [-0.25, -0.2) is 9.97 Å². The zero-order chi connectivity index (χ0) is 21.7. The Hall–Kier alpha value is -3.72. The van der Waals surface area contributed by atoms with E-state index in [0.29, 0.717) is 16.6 Å². The Labute approximate surface area is 177 Å². The number of nitrogens with zero attached hydrogens (tertiary/aromatic N) is 3. The molecule has 0 aliphatic carbocycles. The third-order valence-electron chi connectivity index (χ3n) is 4.23. The smallest absolute Gasteiger partial charge is 0.334 e. The second kappa shape index (κ2) is 9.19. The normalized spacial score (nSPS) is 10.5. The highest BCUT2D eigenvalue weighted by Gasteiger charge is 2.23. The summed E-state index contributed by atoms with van der Waals surface area (Å²) in [5, 5.41) is 15.0. The molecule has 0 atom stereocenters. The monoisotopic (exact) mass is 426 g/mol. The van der Waals surface area contributed by atoms with E-state index in [1.807, 2.05) is 24.3 Å². The van der Waals surface area contributed by atoms with E-state index in [0.717, 1.165) is 11.9 Å². The van der Waals surface area contributed by atoms with E-state index in [4.69, 9.17) is 11.6 Å². The van der Waals surface area contributed by atoms with Gasteiger partial charge in [-0.2, -0.15) is 0 Å². The van der Waals surface area contributed by atoms with Gasteiger partial charge in [0.15, 0.2) is 0 Å². The van der Waals surface area contributed by atoms with Crippen LogP contribution in [0, 0.1) is 10.1 Å². The van der Waals surface area contributed by atoms with Crippen molar-refractivity contribution >= 4 is 40.5 Å². The molecule has 0 aliphatic heterocycles. The molecular weight excluding hydrogens is 408 g/mol. The highest BCUT2D eigenvalue weighted by atomic mass is 35.5. The van der Waals surface area contributed by atoms with Crippen LogP contribution in [0.25, 0.3) is 0 Å². The Kier molecular flexibility index (Phi) is 6.43. The molecular formula is C20H19ClN6O3. The van der Waals surface area contributed by atoms with Gasteiger partial charge in [0.05, 0.1) is 4.92 Å². The Morgan fingerprint density at radius 1 is 1.10 bits per heavy atom. The topological polar surface area (TPSA) is 122 Å². The minimum Gasteiger partial charge on any atom is -0.334 e. The van der Waals surface area contributed by atoms with Crippen LogP contribution >= 0.6 is 11.6 Å². The highest BCUT2D eigenvalue weighted by molar-refractivity contribution is 6.30. The summed E-state index contributed by atoms with van der Waals surface area (Å²) in [5.41, 5.74) is 6.52. The first-order chi connectivity index (χ1) is 14.3. The van der Waals surface area contributed by atoms with Gasteiger partial charge in [0.2, 0.25) is 11.6 Å². The maximum absolute atomic E-state index is 12.3. The van der Waals surface area contributed by atoms with E-state index < -0.39 is 16.5 Å². The first kappa shape index (κ1) is 21.0. The van der Waals surface area contributed by atoms with E-state index in [9.17, 15) is 14.9 Å². The molecule has 3 aromatic rings. The Bertz CT molecular complexity index is 1070. The van der Waals surface area contributed by atoms with Crippen molar-refractivity contribution in [2.24, 2.45) is 0 Å². The van der Waals surface area contributed by atoms with E-state index >= 15 is 0 Å². The quantitative estimate of drug-likeness (QED) is 0.371. The molecule has 0 bridgehead atoms. The third-order valence-corrected chi connectivity index (χ3v) is 4.46. The maximum atomic E-state index is 12.3. The van der Waals surface area contributed by atoms with Crippen molar-refractivity contribution in [1.82, 2.24) is 15.4 Å². The number of hydrogen-bond acceptors (Lipinski definition) is 7. The lowest BCUT2D eigenvalue weighted by molar-refractivity contribution is -0.383. The summed E-state index contributed by atoms with van der Waals surface area (Å²) in [6.45, 7) is 4.15. The van der Waals surface area contributed by atoms with Crippen molar-refractivity contribution in [2.45, 2.75) is 19.8 Å². The van der Waals surface area contributed by atoms with Gasteiger partial charge in [0.1, 0.15) is 6.33 Å². The lowest BCUT2D eigenvalue weighted by Gasteiger charge is -2.12. The van der Waals surface area contributed by atoms with Crippen LogP contribution in [0.1, 0.15) is 35.7 Å². The summed E-state index contributed by atoms with van der Waals surface area (Å²) in [6, 6.07) is 13.8. The number of amides is 1. The van der Waals surface area contributed by atoms with Crippen molar-refractivity contribution in [1.29, 1.82) is 0 Å². The molecule has 9 nitrogen and oxygen atoms in total. The molecule has 30 heavy (non-hydrogen) atoms. The van der Waals surface area contributed by atoms with Crippen molar-refractivity contribution in [3.8, 4) is 0 Å². The zero-order valence-corrected chi connectivity index (χ0v) is 17.0. The minimum absolute atomic E-state index is 0.00759. The average molecular weight is 427 g/mol. The van der Waals surface area contributed by atoms with Crippen molar-refractivity contribution < 1.29 is 9.72 Å². The molecule has 0 unspecified atom stereocenters. The molecule has 0 spiro atoms. The first-order valence-electron chi connectivity index (χ1n) is 9.03. The van der Waals surface area contributed by atoms with Crippen LogP contribution < -0.4 is 16.2 Å². The number of nitro groups is 1. The van der Waals surface area contributed by atoms with Crippen LogP contribution in [0.15, 0.2) is 54.9 Å². The fourth-order valence-electron chi connectivity index (χ4n) is 2.64. The highest BCUT2D eigenvalue weighted by Crippen LogP contribution is 2.31. The molecule has 1 aromatic heterocycles. The molecule has 1 heterocycles. The summed E-state index contributed by atoms with van der Waals surface area (Å²) in [6.07, 6.45) is 1.16. The summed E-state index contributed by atoms with van der Waals surface area (Å²) < 4.78 is 0. The zero-order valence-electron chi connectivity index (χ0n) is 16.2. The van der Waals surface area contributed by atoms with E-state index in [1.165, 1.54) is 6.07 Å². The Morgan fingerprint density at radius 2 is 1.80 bits per heavy atom. The molecule has 3 N–H and O–H groups in total. The fraction of sp³-hybridized carbons (Fsp3) is 0.150. The molecule has 154 valence electrons. The van der Waals surface area contributed by atoms with Crippen LogP contribution in [-0.2, 0) is 0 Å². The number of benzene rings is 2. The van der Waals surface area contributed by atoms with Crippen LogP contribution in [0.2, 0.25) is 5.02 Å². The SMILES string of the molecule is CC(C)c1ccc(Nc2ncnc(NNC(=O)c3cccc(Cl)c3)c2[N+](=O)[O-])cc1. The fourth-order valence-corrected chi connectivity index (χ4v) is 2.83. The molecule has 3 rings (SSSR count). The Balaban J connectivity index is 1.80. The van der Waals surface area contributed by atoms with Gasteiger partial charge in [-0.3, -0.25) is 25.8 Å². The molecule has 2 aromatic carbocycles. The Morgan fingerprint density at radius 3 is 2.43 bits per heavy atom. The van der Waals surface area contributed by atoms with E-state index in [1.54, 1.807) is 18.2 Å². The molecule has 0 saturated heterocycles. The number of carbonyl (C=O) groups is 1. The van der Waals surface area contributed by atoms with E-state index in [2.05, 4.69) is 40.0 Å². The number of hydrazine groups is 1. The second-order valence-electron chi connectivity index (χ2n) is 6.67. The van der Waals surface area contributed by atoms with Gasteiger partial charge in [-0.1, -0.05) is 43.6 Å². The molecule has 0 aliphatic rings. The van der Waals surface area contributed by atoms with Gasteiger partial charge in [-0.05, 0) is 41.8 Å². The lowest BCUT2D eigenvalue weighted by Crippen LogP contribution is -2.30. The van der Waals surface area contributed by atoms with E-state index in [-0.39, 0.29) is 17.2 Å². The average Bonchev–Trinajstić information content (AvgIpc) is 2.72. The summed E-state index contributed by atoms with van der Waals surface area (Å²) in [7, 11) is 0. The van der Waals surface area contributed by atoms with Gasteiger partial charge >= 0.3 is 5.69 Å². The summed E-state index contributed by atoms with van der Waals surface area (Å²) >= 11 is 5.88. The van der Waals surface area contributed by atoms with Crippen molar-refractivity contribution in [3.63, 3.8) is 0 Å². The number of hydrogen-bond donors (Lipinski definition) is 3. The number of anilines is 3. The summed E-state index contributed by atoms with van der Waals surface area (Å²) in [5.74, 6) is -0.325. The van der Waals surface area contributed by atoms with Crippen LogP contribution in [0.4, 0.5) is 23.0 Å². The van der Waals surface area contributed by atoms with Gasteiger partial charge in [0.25, 0.3) is 5.91 Å². The molecule has 0 fully saturated rings. The van der Waals surface area contributed by atoms with Crippen molar-refractivity contribution in [3.05, 3.63) is 81.1 Å². The first-order valence-corrected chi connectivity index (χ1v) is 9.41. The minimum atomic E-state index is -0.626. The number of aromatic nitrogens is 2. The number of nitrogens with one attached hydrogen (secondary N) is 3. The summed E-state index contributed by atoms with van der Waals surface area (Å²) in [4.78, 5) is 31.1. The predicted octanol–water partition coefficient (Wildman–Crippen LogP) is 4.66. The van der Waals surface area contributed by atoms with Crippen LogP contribution in [0.5, 0.6) is 0 Å². The molecule has 1 amide bonds.